The molecule has 0 spiro atoms. The van der Waals surface area contributed by atoms with Crippen LogP contribution in [0, 0.1) is 0 Å². The Balaban J connectivity index is 2.25. The van der Waals surface area contributed by atoms with Gasteiger partial charge in [-0.3, -0.25) is 5.32 Å². The Labute approximate surface area is 145 Å². The first-order valence-corrected chi connectivity index (χ1v) is 8.31. The van der Waals surface area contributed by atoms with Gasteiger partial charge in [0.25, 0.3) is 0 Å². The molecule has 0 fully saturated rings. The number of anilines is 3. The number of carbonyl (C=O) groups is 1. The van der Waals surface area contributed by atoms with Gasteiger partial charge in [-0.1, -0.05) is 18.6 Å². The maximum absolute atomic E-state index is 11.1. The maximum atomic E-state index is 11.1. The van der Waals surface area contributed by atoms with Crippen molar-refractivity contribution in [3.05, 3.63) is 30.4 Å². The van der Waals surface area contributed by atoms with E-state index in [1.807, 2.05) is 6.07 Å². The molecular weight excluding hydrogens is 304 g/mol. The lowest BCUT2D eigenvalue weighted by Gasteiger charge is -2.10. The standard InChI is InChI=1S/C18H30N4O2/c1-22(2)13-9-7-5-4-6-8-12-20-17-11-10-15(14-16(17)19)21-18(23)24-3/h6,8,10-11,14,20H,4-5,7,9,12-13,19H2,1-3H3,(H,21,23)/b8-6+. The number of rotatable bonds is 10. The van der Waals surface area contributed by atoms with Gasteiger partial charge in [0, 0.05) is 12.2 Å². The van der Waals surface area contributed by atoms with Gasteiger partial charge in [0.15, 0.2) is 0 Å². The van der Waals surface area contributed by atoms with Crippen LogP contribution in [-0.4, -0.2) is 45.3 Å². The Morgan fingerprint density at radius 1 is 1.25 bits per heavy atom. The largest absolute Gasteiger partial charge is 0.453 e. The van der Waals surface area contributed by atoms with Crippen molar-refractivity contribution in [1.29, 1.82) is 0 Å². The van der Waals surface area contributed by atoms with Crippen molar-refractivity contribution in [3.8, 4) is 0 Å². The molecule has 0 aliphatic rings. The van der Waals surface area contributed by atoms with E-state index in [2.05, 4.69) is 46.5 Å². The van der Waals surface area contributed by atoms with Crippen molar-refractivity contribution in [3.63, 3.8) is 0 Å². The topological polar surface area (TPSA) is 79.6 Å². The number of nitrogen functional groups attached to an aromatic ring is 1. The lowest BCUT2D eigenvalue weighted by atomic mass is 10.2. The summed E-state index contributed by atoms with van der Waals surface area (Å²) in [5, 5.41) is 5.84. The SMILES string of the molecule is COC(=O)Nc1ccc(NC/C=C/CCCCCN(C)C)c(N)c1. The molecule has 0 atom stereocenters. The van der Waals surface area contributed by atoms with E-state index >= 15 is 0 Å². The highest BCUT2D eigenvalue weighted by atomic mass is 16.5. The smallest absolute Gasteiger partial charge is 0.411 e. The molecule has 0 aliphatic carbocycles. The molecule has 0 aromatic heterocycles. The van der Waals surface area contributed by atoms with Crippen LogP contribution < -0.4 is 16.4 Å². The van der Waals surface area contributed by atoms with Crippen molar-refractivity contribution < 1.29 is 9.53 Å². The third-order valence-corrected chi connectivity index (χ3v) is 3.54. The van der Waals surface area contributed by atoms with Crippen LogP contribution in [0.2, 0.25) is 0 Å². The first kappa shape index (κ1) is 19.8. The number of unbranched alkanes of at least 4 members (excludes halogenated alkanes) is 3. The second-order valence-electron chi connectivity index (χ2n) is 5.92. The van der Waals surface area contributed by atoms with Crippen molar-refractivity contribution in [2.24, 2.45) is 0 Å². The number of hydrogen-bond acceptors (Lipinski definition) is 5. The predicted molar refractivity (Wildman–Crippen MR) is 102 cm³/mol. The van der Waals surface area contributed by atoms with Gasteiger partial charge in [-0.25, -0.2) is 4.79 Å². The molecule has 0 unspecified atom stereocenters. The number of allylic oxidation sites excluding steroid dienone is 1. The molecule has 1 aromatic carbocycles. The second-order valence-corrected chi connectivity index (χ2v) is 5.92. The number of benzene rings is 1. The molecule has 4 N–H and O–H groups in total. The third kappa shape index (κ3) is 8.43. The van der Waals surface area contributed by atoms with E-state index in [1.165, 1.54) is 26.4 Å². The summed E-state index contributed by atoms with van der Waals surface area (Å²) in [6, 6.07) is 5.33. The molecule has 24 heavy (non-hydrogen) atoms. The van der Waals surface area contributed by atoms with Gasteiger partial charge in [0.1, 0.15) is 0 Å². The minimum atomic E-state index is -0.511. The Morgan fingerprint density at radius 2 is 2.04 bits per heavy atom. The van der Waals surface area contributed by atoms with Gasteiger partial charge in [0.05, 0.1) is 18.5 Å². The van der Waals surface area contributed by atoms with E-state index in [0.717, 1.165) is 25.2 Å². The zero-order valence-corrected chi connectivity index (χ0v) is 15.0. The summed E-state index contributed by atoms with van der Waals surface area (Å²) in [5.41, 5.74) is 8.02. The van der Waals surface area contributed by atoms with Gasteiger partial charge < -0.3 is 20.7 Å². The van der Waals surface area contributed by atoms with Crippen LogP contribution in [0.4, 0.5) is 21.9 Å². The highest BCUT2D eigenvalue weighted by Gasteiger charge is 2.03. The molecule has 1 aromatic rings. The Morgan fingerprint density at radius 3 is 2.71 bits per heavy atom. The summed E-state index contributed by atoms with van der Waals surface area (Å²) in [5.74, 6) is 0. The number of nitrogens with one attached hydrogen (secondary N) is 2. The van der Waals surface area contributed by atoms with Crippen LogP contribution in [0.15, 0.2) is 30.4 Å². The van der Waals surface area contributed by atoms with Crippen molar-refractivity contribution in [1.82, 2.24) is 4.90 Å². The molecular formula is C18H30N4O2. The molecule has 0 radical (unpaired) electrons. The van der Waals surface area contributed by atoms with Crippen LogP contribution in [0.5, 0.6) is 0 Å². The molecule has 1 amide bonds. The number of ether oxygens (including phenoxy) is 1. The Hall–Kier alpha value is -2.21. The Kier molecular flexibility index (Phi) is 9.38. The number of amides is 1. The van der Waals surface area contributed by atoms with E-state index in [-0.39, 0.29) is 0 Å². The zero-order valence-electron chi connectivity index (χ0n) is 15.0. The third-order valence-electron chi connectivity index (χ3n) is 3.54. The van der Waals surface area contributed by atoms with Crippen LogP contribution in [0.3, 0.4) is 0 Å². The van der Waals surface area contributed by atoms with E-state index in [9.17, 15) is 4.79 Å². The highest BCUT2D eigenvalue weighted by molar-refractivity contribution is 5.86. The van der Waals surface area contributed by atoms with E-state index < -0.39 is 6.09 Å². The summed E-state index contributed by atoms with van der Waals surface area (Å²) >= 11 is 0. The first-order valence-electron chi connectivity index (χ1n) is 8.31. The summed E-state index contributed by atoms with van der Waals surface area (Å²) in [7, 11) is 5.54. The maximum Gasteiger partial charge on any atom is 0.411 e. The zero-order chi connectivity index (χ0) is 17.8. The molecule has 0 saturated carbocycles. The van der Waals surface area contributed by atoms with E-state index in [4.69, 9.17) is 5.73 Å². The molecule has 0 saturated heterocycles. The summed E-state index contributed by atoms with van der Waals surface area (Å²) in [6.07, 6.45) is 8.65. The second kappa shape index (κ2) is 11.3. The number of methoxy groups -OCH3 is 1. The fourth-order valence-corrected chi connectivity index (χ4v) is 2.21. The predicted octanol–water partition coefficient (Wildman–Crippen LogP) is 3.54. The van der Waals surface area contributed by atoms with Crippen LogP contribution in [0.1, 0.15) is 25.7 Å². The average molecular weight is 334 g/mol. The lowest BCUT2D eigenvalue weighted by molar-refractivity contribution is 0.187. The van der Waals surface area contributed by atoms with Crippen molar-refractivity contribution in [2.75, 3.05) is 50.7 Å². The molecule has 134 valence electrons. The molecule has 1 rings (SSSR count). The summed E-state index contributed by atoms with van der Waals surface area (Å²) in [6.45, 7) is 1.89. The summed E-state index contributed by atoms with van der Waals surface area (Å²) in [4.78, 5) is 13.4. The molecule has 0 aliphatic heterocycles. The number of nitrogens with two attached hydrogens (primary N) is 1. The van der Waals surface area contributed by atoms with Crippen molar-refractivity contribution in [2.45, 2.75) is 25.7 Å². The monoisotopic (exact) mass is 334 g/mol. The van der Waals surface area contributed by atoms with Gasteiger partial charge in [0.2, 0.25) is 0 Å². The van der Waals surface area contributed by atoms with E-state index in [1.54, 1.807) is 12.1 Å². The normalized spacial score (nSPS) is 11.0. The lowest BCUT2D eigenvalue weighted by Crippen LogP contribution is -2.12. The van der Waals surface area contributed by atoms with Gasteiger partial charge in [-0.15, -0.1) is 0 Å². The molecule has 6 heteroatoms. The fourth-order valence-electron chi connectivity index (χ4n) is 2.21. The minimum Gasteiger partial charge on any atom is -0.453 e. The summed E-state index contributed by atoms with van der Waals surface area (Å²) < 4.78 is 4.54. The van der Waals surface area contributed by atoms with Gasteiger partial charge >= 0.3 is 6.09 Å². The molecule has 6 nitrogen and oxygen atoms in total. The number of carbonyl (C=O) groups excluding carboxylic acids is 1. The van der Waals surface area contributed by atoms with Gasteiger partial charge in [-0.2, -0.15) is 0 Å². The average Bonchev–Trinajstić information content (AvgIpc) is 2.54. The van der Waals surface area contributed by atoms with Crippen LogP contribution in [0.25, 0.3) is 0 Å². The molecule has 0 bridgehead atoms. The van der Waals surface area contributed by atoms with Crippen molar-refractivity contribution >= 4 is 23.2 Å². The van der Waals surface area contributed by atoms with Gasteiger partial charge in [-0.05, 0) is 58.1 Å². The van der Waals surface area contributed by atoms with E-state index in [0.29, 0.717) is 11.4 Å². The number of nitrogens with zero attached hydrogens (tertiary/aromatic N) is 1. The van der Waals surface area contributed by atoms with Crippen LogP contribution in [-0.2, 0) is 4.74 Å². The quantitative estimate of drug-likeness (QED) is 0.346. The first-order chi connectivity index (χ1) is 11.5. The van der Waals surface area contributed by atoms with Crippen LogP contribution >= 0.6 is 0 Å². The number of hydrogen-bond donors (Lipinski definition) is 3. The molecule has 0 heterocycles. The Bertz CT molecular complexity index is 530. The fraction of sp³-hybridized carbons (Fsp3) is 0.500. The minimum absolute atomic E-state index is 0.511. The highest BCUT2D eigenvalue weighted by Crippen LogP contribution is 2.22.